The second-order valence-corrected chi connectivity index (χ2v) is 7.17. The van der Waals surface area contributed by atoms with Crippen molar-refractivity contribution in [1.82, 2.24) is 4.98 Å². The lowest BCUT2D eigenvalue weighted by Crippen LogP contribution is -3.20. The maximum atomic E-state index is 11.0. The fourth-order valence-corrected chi connectivity index (χ4v) is 4.55. The fourth-order valence-electron chi connectivity index (χ4n) is 4.55. The molecule has 5 atom stereocenters. The number of fused-ring (bicyclic) bond motifs is 4. The molecule has 0 aliphatic carbocycles. The number of benzene rings is 1. The molecule has 5 rings (SSSR count). The van der Waals surface area contributed by atoms with E-state index in [1.807, 2.05) is 24.4 Å². The van der Waals surface area contributed by atoms with Gasteiger partial charge in [-0.3, -0.25) is 4.98 Å². The van der Waals surface area contributed by atoms with Crippen molar-refractivity contribution in [3.63, 3.8) is 0 Å². The Balaban J connectivity index is 1.61. The van der Waals surface area contributed by atoms with Gasteiger partial charge in [-0.2, -0.15) is 0 Å². The second kappa shape index (κ2) is 6.19. The molecule has 24 heavy (non-hydrogen) atoms. The van der Waals surface area contributed by atoms with E-state index in [2.05, 4.69) is 23.7 Å². The van der Waals surface area contributed by atoms with E-state index in [1.165, 1.54) is 11.3 Å². The quantitative estimate of drug-likeness (QED) is 0.842. The molecule has 1 unspecified atom stereocenters. The van der Waals surface area contributed by atoms with Crippen LogP contribution in [-0.2, 0) is 0 Å². The molecule has 3 saturated heterocycles. The first kappa shape index (κ1) is 15.6. The highest BCUT2D eigenvalue weighted by molar-refractivity contribution is 5.80. The van der Waals surface area contributed by atoms with Gasteiger partial charge in [0.25, 0.3) is 0 Å². The molecule has 0 amide bonds. The minimum atomic E-state index is -0.461. The van der Waals surface area contributed by atoms with Gasteiger partial charge in [0.15, 0.2) is 0 Å². The maximum absolute atomic E-state index is 11.0. The van der Waals surface area contributed by atoms with Crippen LogP contribution < -0.4 is 9.64 Å². The summed E-state index contributed by atoms with van der Waals surface area (Å²) in [6.45, 7) is 6.24. The standard InChI is InChI=1S/C20H24N2O2/c1-3-13-12-22-7-6-14(13)10-19(22)20(23)16-8-15-9-17(24-2)4-5-18(15)21-11-16/h3-5,8-9,11,13-14,19-20,23H,1,6-7,10,12H2,2H3/p+1/t13-,14-,19+,20-/m0/s1. The molecule has 3 aliphatic rings. The van der Waals surface area contributed by atoms with Gasteiger partial charge in [0, 0.05) is 35.9 Å². The van der Waals surface area contributed by atoms with Crippen LogP contribution in [0.15, 0.2) is 43.1 Å². The zero-order chi connectivity index (χ0) is 16.7. The van der Waals surface area contributed by atoms with E-state index in [4.69, 9.17) is 4.74 Å². The van der Waals surface area contributed by atoms with E-state index in [0.717, 1.165) is 41.7 Å². The number of pyridine rings is 1. The van der Waals surface area contributed by atoms with Gasteiger partial charge in [-0.05, 0) is 30.2 Å². The Morgan fingerprint density at radius 3 is 3.00 bits per heavy atom. The van der Waals surface area contributed by atoms with Gasteiger partial charge in [0.2, 0.25) is 0 Å². The van der Waals surface area contributed by atoms with Crippen LogP contribution in [0.2, 0.25) is 0 Å². The van der Waals surface area contributed by atoms with E-state index in [9.17, 15) is 5.11 Å². The fraction of sp³-hybridized carbons (Fsp3) is 0.450. The number of hydrogen-bond acceptors (Lipinski definition) is 3. The molecule has 0 saturated carbocycles. The number of nitrogens with one attached hydrogen (secondary N) is 1. The highest BCUT2D eigenvalue weighted by Crippen LogP contribution is 2.33. The van der Waals surface area contributed by atoms with Crippen LogP contribution >= 0.6 is 0 Å². The summed E-state index contributed by atoms with van der Waals surface area (Å²) in [4.78, 5) is 6.04. The minimum absolute atomic E-state index is 0.268. The molecule has 2 N–H and O–H groups in total. The average molecular weight is 325 g/mol. The molecule has 3 fully saturated rings. The first-order valence-electron chi connectivity index (χ1n) is 8.78. The van der Waals surface area contributed by atoms with E-state index in [1.54, 1.807) is 7.11 Å². The molecule has 2 aromatic rings. The number of ether oxygens (including phenoxy) is 1. The third kappa shape index (κ3) is 2.60. The number of piperidine rings is 3. The number of nitrogens with zero attached hydrogens (tertiary/aromatic N) is 1. The Bertz CT molecular complexity index is 760. The van der Waals surface area contributed by atoms with E-state index in [0.29, 0.717) is 11.8 Å². The van der Waals surface area contributed by atoms with Gasteiger partial charge >= 0.3 is 0 Å². The second-order valence-electron chi connectivity index (χ2n) is 7.17. The Hall–Kier alpha value is -1.91. The molecule has 2 bridgehead atoms. The van der Waals surface area contributed by atoms with E-state index in [-0.39, 0.29) is 6.04 Å². The molecule has 0 radical (unpaired) electrons. The van der Waals surface area contributed by atoms with Gasteiger partial charge < -0.3 is 14.7 Å². The lowest BCUT2D eigenvalue weighted by atomic mass is 9.74. The first-order valence-corrected chi connectivity index (χ1v) is 8.78. The lowest BCUT2D eigenvalue weighted by molar-refractivity contribution is -0.949. The van der Waals surface area contributed by atoms with Crippen LogP contribution in [0.25, 0.3) is 10.9 Å². The number of aromatic nitrogens is 1. The average Bonchev–Trinajstić information content (AvgIpc) is 2.66. The van der Waals surface area contributed by atoms with Gasteiger partial charge in [-0.1, -0.05) is 6.08 Å². The van der Waals surface area contributed by atoms with Crippen molar-refractivity contribution < 1.29 is 14.7 Å². The summed E-state index contributed by atoms with van der Waals surface area (Å²) < 4.78 is 5.30. The zero-order valence-electron chi connectivity index (χ0n) is 14.1. The third-order valence-electron chi connectivity index (χ3n) is 5.96. The summed E-state index contributed by atoms with van der Waals surface area (Å²) in [5.41, 5.74) is 1.84. The summed E-state index contributed by atoms with van der Waals surface area (Å²) in [6, 6.07) is 8.17. The van der Waals surface area contributed by atoms with Crippen LogP contribution in [0.3, 0.4) is 0 Å². The van der Waals surface area contributed by atoms with Crippen molar-refractivity contribution in [3.05, 3.63) is 48.7 Å². The molecule has 3 aliphatic heterocycles. The number of aliphatic hydroxyl groups excluding tert-OH is 1. The van der Waals surface area contributed by atoms with Crippen molar-refractivity contribution in [2.45, 2.75) is 25.0 Å². The molecule has 1 aromatic carbocycles. The number of aliphatic hydroxyl groups is 1. The summed E-state index contributed by atoms with van der Waals surface area (Å²) in [5, 5.41) is 12.0. The van der Waals surface area contributed by atoms with Crippen molar-refractivity contribution in [2.75, 3.05) is 20.2 Å². The van der Waals surface area contributed by atoms with Crippen LogP contribution in [-0.4, -0.2) is 36.3 Å². The zero-order valence-corrected chi connectivity index (χ0v) is 14.1. The summed E-state index contributed by atoms with van der Waals surface area (Å²) in [6.07, 6.45) is 5.80. The molecule has 1 aromatic heterocycles. The maximum Gasteiger partial charge on any atom is 0.132 e. The van der Waals surface area contributed by atoms with Gasteiger partial charge in [0.05, 0.1) is 25.7 Å². The SMILES string of the molecule is C=C[C@H]1C[NH+]2CC[C@H]1C[C@@H]2[C@@H](O)c1cnc2ccc(OC)cc2c1. The van der Waals surface area contributed by atoms with Crippen LogP contribution in [0.4, 0.5) is 0 Å². The number of quaternary nitrogens is 1. The van der Waals surface area contributed by atoms with Crippen LogP contribution in [0.1, 0.15) is 24.5 Å². The smallest absolute Gasteiger partial charge is 0.132 e. The van der Waals surface area contributed by atoms with Crippen molar-refractivity contribution in [2.24, 2.45) is 11.8 Å². The number of rotatable bonds is 4. The Labute approximate surface area is 142 Å². The van der Waals surface area contributed by atoms with E-state index < -0.39 is 6.10 Å². The predicted octanol–water partition coefficient (Wildman–Crippen LogP) is 1.76. The number of hydrogen-bond donors (Lipinski definition) is 2. The molecule has 126 valence electrons. The highest BCUT2D eigenvalue weighted by Gasteiger charge is 2.45. The first-order chi connectivity index (χ1) is 11.7. The van der Waals surface area contributed by atoms with Gasteiger partial charge in [0.1, 0.15) is 17.9 Å². The largest absolute Gasteiger partial charge is 0.497 e. The van der Waals surface area contributed by atoms with Crippen LogP contribution in [0.5, 0.6) is 5.75 Å². The van der Waals surface area contributed by atoms with Crippen LogP contribution in [0, 0.1) is 11.8 Å². The Kier molecular flexibility index (Phi) is 4.02. The Morgan fingerprint density at radius 1 is 1.42 bits per heavy atom. The van der Waals surface area contributed by atoms with Crippen molar-refractivity contribution in [1.29, 1.82) is 0 Å². The highest BCUT2D eigenvalue weighted by atomic mass is 16.5. The molecule has 0 spiro atoms. The van der Waals surface area contributed by atoms with Gasteiger partial charge in [-0.25, -0.2) is 0 Å². The predicted molar refractivity (Wildman–Crippen MR) is 94.2 cm³/mol. The molecule has 4 heterocycles. The van der Waals surface area contributed by atoms with Crippen molar-refractivity contribution >= 4 is 10.9 Å². The normalized spacial score (nSPS) is 30.2. The third-order valence-corrected chi connectivity index (χ3v) is 5.96. The van der Waals surface area contributed by atoms with Gasteiger partial charge in [-0.15, -0.1) is 6.58 Å². The summed E-state index contributed by atoms with van der Waals surface area (Å²) in [7, 11) is 1.67. The molecular formula is C20H25N2O2+. The molecule has 4 heteroatoms. The summed E-state index contributed by atoms with van der Waals surface area (Å²) >= 11 is 0. The minimum Gasteiger partial charge on any atom is -0.497 e. The monoisotopic (exact) mass is 325 g/mol. The molecule has 4 nitrogen and oxygen atoms in total. The van der Waals surface area contributed by atoms with E-state index >= 15 is 0 Å². The molecular weight excluding hydrogens is 300 g/mol. The Morgan fingerprint density at radius 2 is 2.29 bits per heavy atom. The lowest BCUT2D eigenvalue weighted by Gasteiger charge is -2.47. The van der Waals surface area contributed by atoms with Crippen molar-refractivity contribution in [3.8, 4) is 5.75 Å². The topological polar surface area (TPSA) is 46.8 Å². The number of methoxy groups -OCH3 is 1. The summed E-state index contributed by atoms with van der Waals surface area (Å²) in [5.74, 6) is 2.10.